The van der Waals surface area contributed by atoms with Gasteiger partial charge in [0, 0.05) is 31.7 Å². The molecule has 1 aromatic rings. The van der Waals surface area contributed by atoms with E-state index in [0.29, 0.717) is 5.56 Å². The molecule has 1 saturated heterocycles. The molecule has 0 saturated carbocycles. The average Bonchev–Trinajstić information content (AvgIpc) is 2.39. The summed E-state index contributed by atoms with van der Waals surface area (Å²) in [5.41, 5.74) is 0.586. The third-order valence-corrected chi connectivity index (χ3v) is 3.59. The minimum absolute atomic E-state index is 0.0690. The molecule has 98 valence electrons. The van der Waals surface area contributed by atoms with Crippen LogP contribution in [0, 0.1) is 5.82 Å². The molecule has 1 fully saturated rings. The molecule has 0 spiro atoms. The number of nitrogens with zero attached hydrogens (tertiary/aromatic N) is 2. The normalized spacial score (nSPS) is 19.7. The Morgan fingerprint density at radius 1 is 1.17 bits per heavy atom. The summed E-state index contributed by atoms with van der Waals surface area (Å²) in [6, 6.07) is 5.66. The van der Waals surface area contributed by atoms with Crippen LogP contribution in [0.25, 0.3) is 0 Å². The molecule has 18 heavy (non-hydrogen) atoms. The standard InChI is InChI=1S/C14H19FN2O/c1-11(17-9-7-16(2)8-10-17)14(18)12-3-5-13(15)6-4-12/h3-6,11H,7-10H2,1-2H3/t11-/m1/s1. The van der Waals surface area contributed by atoms with E-state index >= 15 is 0 Å². The zero-order chi connectivity index (χ0) is 13.1. The van der Waals surface area contributed by atoms with Crippen molar-refractivity contribution < 1.29 is 9.18 Å². The van der Waals surface area contributed by atoms with Gasteiger partial charge in [-0.2, -0.15) is 0 Å². The largest absolute Gasteiger partial charge is 0.304 e. The molecule has 0 amide bonds. The van der Waals surface area contributed by atoms with E-state index < -0.39 is 0 Å². The number of piperazine rings is 1. The minimum Gasteiger partial charge on any atom is -0.304 e. The summed E-state index contributed by atoms with van der Waals surface area (Å²) in [6.07, 6.45) is 0. The highest BCUT2D eigenvalue weighted by molar-refractivity contribution is 5.99. The Morgan fingerprint density at radius 2 is 1.72 bits per heavy atom. The van der Waals surface area contributed by atoms with Gasteiger partial charge in [0.1, 0.15) is 5.82 Å². The molecule has 1 aliphatic heterocycles. The lowest BCUT2D eigenvalue weighted by atomic mass is 10.0. The monoisotopic (exact) mass is 250 g/mol. The van der Waals surface area contributed by atoms with Crippen molar-refractivity contribution in [3.05, 3.63) is 35.6 Å². The average molecular weight is 250 g/mol. The van der Waals surface area contributed by atoms with E-state index in [-0.39, 0.29) is 17.6 Å². The summed E-state index contributed by atoms with van der Waals surface area (Å²) >= 11 is 0. The zero-order valence-electron chi connectivity index (χ0n) is 10.9. The SMILES string of the molecule is C[C@H](C(=O)c1ccc(F)cc1)N1CCN(C)CC1. The maximum atomic E-state index is 12.8. The highest BCUT2D eigenvalue weighted by Gasteiger charge is 2.24. The summed E-state index contributed by atoms with van der Waals surface area (Å²) in [5, 5.41) is 0. The Morgan fingerprint density at radius 3 is 2.28 bits per heavy atom. The number of carbonyl (C=O) groups excluding carboxylic acids is 1. The zero-order valence-corrected chi connectivity index (χ0v) is 10.9. The maximum absolute atomic E-state index is 12.8. The number of ketones is 1. The fourth-order valence-corrected chi connectivity index (χ4v) is 2.23. The first kappa shape index (κ1) is 13.2. The second kappa shape index (κ2) is 5.59. The number of carbonyl (C=O) groups is 1. The molecular weight excluding hydrogens is 231 g/mol. The molecule has 1 aromatic carbocycles. The summed E-state index contributed by atoms with van der Waals surface area (Å²) in [6.45, 7) is 5.72. The van der Waals surface area contributed by atoms with Crippen LogP contribution in [-0.2, 0) is 0 Å². The Balaban J connectivity index is 2.02. The van der Waals surface area contributed by atoms with Crippen LogP contribution in [0.2, 0.25) is 0 Å². The van der Waals surface area contributed by atoms with Crippen LogP contribution in [-0.4, -0.2) is 54.9 Å². The van der Waals surface area contributed by atoms with E-state index in [1.165, 1.54) is 12.1 Å². The third-order valence-electron chi connectivity index (χ3n) is 3.59. The molecule has 3 nitrogen and oxygen atoms in total. The maximum Gasteiger partial charge on any atom is 0.179 e. The molecule has 2 rings (SSSR count). The predicted molar refractivity (Wildman–Crippen MR) is 69.3 cm³/mol. The Kier molecular flexibility index (Phi) is 4.09. The predicted octanol–water partition coefficient (Wildman–Crippen LogP) is 1.64. The highest BCUT2D eigenvalue weighted by Crippen LogP contribution is 2.12. The molecule has 1 heterocycles. The van der Waals surface area contributed by atoms with Crippen LogP contribution in [0.3, 0.4) is 0 Å². The molecule has 0 bridgehead atoms. The van der Waals surface area contributed by atoms with Crippen LogP contribution < -0.4 is 0 Å². The summed E-state index contributed by atoms with van der Waals surface area (Å²) in [7, 11) is 2.09. The number of likely N-dealkylation sites (N-methyl/N-ethyl adjacent to an activating group) is 1. The fraction of sp³-hybridized carbons (Fsp3) is 0.500. The smallest absolute Gasteiger partial charge is 0.179 e. The van der Waals surface area contributed by atoms with E-state index in [1.54, 1.807) is 12.1 Å². The first-order chi connectivity index (χ1) is 8.58. The van der Waals surface area contributed by atoms with Gasteiger partial charge in [-0.15, -0.1) is 0 Å². The molecule has 1 aliphatic rings. The number of Topliss-reactive ketones (excluding diaryl/α,β-unsaturated/α-hetero) is 1. The Hall–Kier alpha value is -1.26. The molecule has 0 unspecified atom stereocenters. The molecule has 0 N–H and O–H groups in total. The van der Waals surface area contributed by atoms with Crippen molar-refractivity contribution in [3.8, 4) is 0 Å². The van der Waals surface area contributed by atoms with Gasteiger partial charge in [0.2, 0.25) is 0 Å². The van der Waals surface area contributed by atoms with Gasteiger partial charge < -0.3 is 4.90 Å². The Labute approximate surface area is 107 Å². The second-order valence-electron chi connectivity index (χ2n) is 4.89. The van der Waals surface area contributed by atoms with Crippen molar-refractivity contribution in [2.45, 2.75) is 13.0 Å². The van der Waals surface area contributed by atoms with Crippen LogP contribution in [0.1, 0.15) is 17.3 Å². The van der Waals surface area contributed by atoms with E-state index in [0.717, 1.165) is 26.2 Å². The highest BCUT2D eigenvalue weighted by atomic mass is 19.1. The first-order valence-electron chi connectivity index (χ1n) is 6.30. The first-order valence-corrected chi connectivity index (χ1v) is 6.30. The van der Waals surface area contributed by atoms with Gasteiger partial charge in [-0.3, -0.25) is 9.69 Å². The lowest BCUT2D eigenvalue weighted by molar-refractivity contribution is 0.0738. The summed E-state index contributed by atoms with van der Waals surface area (Å²) in [4.78, 5) is 16.7. The van der Waals surface area contributed by atoms with E-state index in [2.05, 4.69) is 16.8 Å². The quantitative estimate of drug-likeness (QED) is 0.762. The molecule has 0 radical (unpaired) electrons. The lowest BCUT2D eigenvalue weighted by Crippen LogP contribution is -2.50. The summed E-state index contributed by atoms with van der Waals surface area (Å²) < 4.78 is 12.8. The second-order valence-corrected chi connectivity index (χ2v) is 4.89. The van der Waals surface area contributed by atoms with E-state index in [9.17, 15) is 9.18 Å². The van der Waals surface area contributed by atoms with Crippen LogP contribution in [0.5, 0.6) is 0 Å². The van der Waals surface area contributed by atoms with E-state index in [1.807, 2.05) is 6.92 Å². The number of rotatable bonds is 3. The molecule has 4 heteroatoms. The van der Waals surface area contributed by atoms with Gasteiger partial charge in [0.25, 0.3) is 0 Å². The molecule has 1 atom stereocenters. The van der Waals surface area contributed by atoms with Crippen LogP contribution >= 0.6 is 0 Å². The number of benzene rings is 1. The fourth-order valence-electron chi connectivity index (χ4n) is 2.23. The van der Waals surface area contributed by atoms with E-state index in [4.69, 9.17) is 0 Å². The number of halogens is 1. The van der Waals surface area contributed by atoms with Crippen LogP contribution in [0.15, 0.2) is 24.3 Å². The Bertz CT molecular complexity index is 410. The minimum atomic E-state index is -0.307. The van der Waals surface area contributed by atoms with Crippen molar-refractivity contribution in [2.75, 3.05) is 33.2 Å². The van der Waals surface area contributed by atoms with Gasteiger partial charge in [-0.05, 0) is 38.2 Å². The molecule has 0 aromatic heterocycles. The van der Waals surface area contributed by atoms with Crippen molar-refractivity contribution in [3.63, 3.8) is 0 Å². The van der Waals surface area contributed by atoms with Crippen molar-refractivity contribution in [1.29, 1.82) is 0 Å². The summed E-state index contributed by atoms with van der Waals surface area (Å²) in [5.74, 6) is -0.238. The molecule has 0 aliphatic carbocycles. The number of hydrogen-bond donors (Lipinski definition) is 0. The third kappa shape index (κ3) is 2.94. The lowest BCUT2D eigenvalue weighted by Gasteiger charge is -2.35. The number of hydrogen-bond acceptors (Lipinski definition) is 3. The van der Waals surface area contributed by atoms with Crippen molar-refractivity contribution >= 4 is 5.78 Å². The molecular formula is C14H19FN2O. The van der Waals surface area contributed by atoms with Gasteiger partial charge in [-0.25, -0.2) is 4.39 Å². The van der Waals surface area contributed by atoms with Gasteiger partial charge in [0.15, 0.2) is 5.78 Å². The van der Waals surface area contributed by atoms with Crippen molar-refractivity contribution in [1.82, 2.24) is 9.80 Å². The van der Waals surface area contributed by atoms with Gasteiger partial charge in [-0.1, -0.05) is 0 Å². The van der Waals surface area contributed by atoms with Gasteiger partial charge >= 0.3 is 0 Å². The van der Waals surface area contributed by atoms with Crippen molar-refractivity contribution in [2.24, 2.45) is 0 Å². The van der Waals surface area contributed by atoms with Crippen LogP contribution in [0.4, 0.5) is 4.39 Å². The topological polar surface area (TPSA) is 23.6 Å². The van der Waals surface area contributed by atoms with Gasteiger partial charge in [0.05, 0.1) is 6.04 Å².